The Morgan fingerprint density at radius 1 is 0.913 bits per heavy atom. The highest BCUT2D eigenvalue weighted by Crippen LogP contribution is 2.30. The summed E-state index contributed by atoms with van der Waals surface area (Å²) in [6.45, 7) is 22.6. The molecule has 23 heavy (non-hydrogen) atoms. The quantitative estimate of drug-likeness (QED) is 0.553. The van der Waals surface area contributed by atoms with Crippen LogP contribution in [0.1, 0.15) is 82.1 Å². The van der Waals surface area contributed by atoms with Gasteiger partial charge >= 0.3 is 0 Å². The van der Waals surface area contributed by atoms with E-state index in [-0.39, 0.29) is 17.0 Å². The van der Waals surface area contributed by atoms with Crippen molar-refractivity contribution in [2.75, 3.05) is 6.54 Å². The molecule has 3 nitrogen and oxygen atoms in total. The Morgan fingerprint density at radius 3 is 1.83 bits per heavy atom. The molecule has 0 aromatic carbocycles. The van der Waals surface area contributed by atoms with Gasteiger partial charge in [-0.3, -0.25) is 4.79 Å². The fourth-order valence-electron chi connectivity index (χ4n) is 2.32. The number of carbonyl (C=O) groups excluding carboxylic acids is 1. The monoisotopic (exact) mass is 326 g/mol. The molecule has 0 heterocycles. The molecular weight excluding hydrogens is 284 g/mol. The van der Waals surface area contributed by atoms with Gasteiger partial charge in [-0.2, -0.15) is 0 Å². The lowest BCUT2D eigenvalue weighted by molar-refractivity contribution is -0.132. The van der Waals surface area contributed by atoms with Gasteiger partial charge < -0.3 is 10.6 Å². The first-order valence-electron chi connectivity index (χ1n) is 9.37. The van der Waals surface area contributed by atoms with Gasteiger partial charge in [0.2, 0.25) is 0 Å². The maximum absolute atomic E-state index is 13.2. The van der Waals surface area contributed by atoms with E-state index in [0.717, 1.165) is 19.4 Å². The van der Waals surface area contributed by atoms with Gasteiger partial charge in [-0.15, -0.1) is 0 Å². The molecule has 0 aromatic rings. The molecule has 1 atom stereocenters. The summed E-state index contributed by atoms with van der Waals surface area (Å²) in [5.41, 5.74) is -0.338. The number of Topliss-reactive ketones (excluding diaryl/α,β-unsaturated/α-hetero) is 1. The molecule has 0 aliphatic heterocycles. The van der Waals surface area contributed by atoms with Crippen molar-refractivity contribution >= 4 is 5.78 Å². The third-order valence-corrected chi connectivity index (χ3v) is 5.61. The van der Waals surface area contributed by atoms with Crippen LogP contribution in [-0.2, 0) is 4.79 Å². The first kappa shape index (κ1) is 22.6. The molecule has 3 heteroatoms. The number of hydrogen-bond acceptors (Lipinski definition) is 3. The molecule has 0 radical (unpaired) electrons. The largest absolute Gasteiger partial charge is 0.315 e. The summed E-state index contributed by atoms with van der Waals surface area (Å²) >= 11 is 0. The van der Waals surface area contributed by atoms with Crippen LogP contribution in [-0.4, -0.2) is 30.0 Å². The van der Waals surface area contributed by atoms with E-state index in [1.54, 1.807) is 0 Å². The maximum atomic E-state index is 13.2. The van der Waals surface area contributed by atoms with E-state index < -0.39 is 0 Å². The smallest absolute Gasteiger partial charge is 0.155 e. The zero-order chi connectivity index (χ0) is 18.4. The van der Waals surface area contributed by atoms with Crippen molar-refractivity contribution in [2.24, 2.45) is 17.3 Å². The molecule has 0 saturated carbocycles. The fourth-order valence-corrected chi connectivity index (χ4v) is 2.32. The number of nitrogens with one attached hydrogen (secondary N) is 2. The predicted molar refractivity (Wildman–Crippen MR) is 102 cm³/mol. The second kappa shape index (κ2) is 9.17. The summed E-state index contributed by atoms with van der Waals surface area (Å²) in [6.07, 6.45) is 1.91. The Balaban J connectivity index is 5.04. The van der Waals surface area contributed by atoms with Crippen LogP contribution in [0.5, 0.6) is 0 Å². The van der Waals surface area contributed by atoms with Crippen LogP contribution in [0.3, 0.4) is 0 Å². The molecule has 1 unspecified atom stereocenters. The zero-order valence-corrected chi connectivity index (χ0v) is 17.3. The lowest BCUT2D eigenvalue weighted by Gasteiger charge is -2.39. The summed E-state index contributed by atoms with van der Waals surface area (Å²) in [6, 6.07) is 0.426. The van der Waals surface area contributed by atoms with E-state index in [1.165, 1.54) is 0 Å². The van der Waals surface area contributed by atoms with Crippen LogP contribution in [0.25, 0.3) is 0 Å². The maximum Gasteiger partial charge on any atom is 0.155 e. The molecule has 0 bridgehead atoms. The lowest BCUT2D eigenvalue weighted by Crippen LogP contribution is -2.55. The van der Waals surface area contributed by atoms with Crippen molar-refractivity contribution in [3.63, 3.8) is 0 Å². The summed E-state index contributed by atoms with van der Waals surface area (Å²) in [7, 11) is 0. The topological polar surface area (TPSA) is 41.1 Å². The van der Waals surface area contributed by atoms with Gasteiger partial charge in [-0.05, 0) is 45.1 Å². The first-order chi connectivity index (χ1) is 10.3. The Hall–Kier alpha value is -0.410. The third-order valence-electron chi connectivity index (χ3n) is 5.61. The second-order valence-electron chi connectivity index (χ2n) is 9.07. The Bertz CT molecular complexity index is 357. The summed E-state index contributed by atoms with van der Waals surface area (Å²) in [5, 5.41) is 7.11. The van der Waals surface area contributed by atoms with E-state index in [2.05, 4.69) is 79.9 Å². The van der Waals surface area contributed by atoms with Gasteiger partial charge in [0.1, 0.15) is 0 Å². The normalized spacial score (nSPS) is 14.8. The van der Waals surface area contributed by atoms with Gasteiger partial charge in [-0.25, -0.2) is 0 Å². The number of hydrogen-bond donors (Lipinski definition) is 2. The minimum absolute atomic E-state index is 0.0428. The Morgan fingerprint density at radius 2 is 1.43 bits per heavy atom. The van der Waals surface area contributed by atoms with Gasteiger partial charge in [0.25, 0.3) is 0 Å². The SMILES string of the molecule is CC(C)NCCCC(NC(C)(C)C(C)C)C(=O)C(C)(C)C(C)C. The van der Waals surface area contributed by atoms with E-state index >= 15 is 0 Å². The molecule has 0 saturated heterocycles. The fraction of sp³-hybridized carbons (Fsp3) is 0.950. The van der Waals surface area contributed by atoms with Crippen molar-refractivity contribution < 1.29 is 4.79 Å². The van der Waals surface area contributed by atoms with Crippen LogP contribution in [0, 0.1) is 17.3 Å². The van der Waals surface area contributed by atoms with Crippen molar-refractivity contribution in [2.45, 2.75) is 99.7 Å². The van der Waals surface area contributed by atoms with Crippen LogP contribution in [0.2, 0.25) is 0 Å². The van der Waals surface area contributed by atoms with Crippen LogP contribution >= 0.6 is 0 Å². The minimum atomic E-state index is -0.295. The Kier molecular flexibility index (Phi) is 9.01. The number of carbonyl (C=O) groups is 1. The highest BCUT2D eigenvalue weighted by atomic mass is 16.1. The molecule has 0 aliphatic carbocycles. The van der Waals surface area contributed by atoms with Gasteiger partial charge in [0.05, 0.1) is 6.04 Å². The second-order valence-corrected chi connectivity index (χ2v) is 9.07. The molecule has 0 spiro atoms. The first-order valence-corrected chi connectivity index (χ1v) is 9.37. The molecule has 0 fully saturated rings. The molecule has 0 aromatic heterocycles. The summed E-state index contributed by atoms with van der Waals surface area (Å²) in [4.78, 5) is 13.2. The third kappa shape index (κ3) is 7.34. The van der Waals surface area contributed by atoms with E-state index in [1.807, 2.05) is 0 Å². The molecule has 2 N–H and O–H groups in total. The zero-order valence-electron chi connectivity index (χ0n) is 17.3. The van der Waals surface area contributed by atoms with Crippen molar-refractivity contribution in [3.8, 4) is 0 Å². The van der Waals surface area contributed by atoms with E-state index in [0.29, 0.717) is 23.7 Å². The average Bonchev–Trinajstić information content (AvgIpc) is 2.40. The Labute approximate surface area is 145 Å². The summed E-state index contributed by atoms with van der Waals surface area (Å²) < 4.78 is 0. The summed E-state index contributed by atoms with van der Waals surface area (Å²) in [5.74, 6) is 1.18. The van der Waals surface area contributed by atoms with Crippen LogP contribution in [0.15, 0.2) is 0 Å². The number of rotatable bonds is 11. The van der Waals surface area contributed by atoms with Gasteiger partial charge in [0.15, 0.2) is 5.78 Å². The van der Waals surface area contributed by atoms with Crippen LogP contribution < -0.4 is 10.6 Å². The molecule has 0 amide bonds. The van der Waals surface area contributed by atoms with Gasteiger partial charge in [-0.1, -0.05) is 55.4 Å². The number of ketones is 1. The van der Waals surface area contributed by atoms with E-state index in [9.17, 15) is 4.79 Å². The highest BCUT2D eigenvalue weighted by Gasteiger charge is 2.38. The van der Waals surface area contributed by atoms with Crippen LogP contribution in [0.4, 0.5) is 0 Å². The van der Waals surface area contributed by atoms with Gasteiger partial charge in [0, 0.05) is 17.0 Å². The molecular formula is C20H42N2O. The average molecular weight is 327 g/mol. The highest BCUT2D eigenvalue weighted by molar-refractivity contribution is 5.89. The molecule has 0 aliphatic rings. The lowest BCUT2D eigenvalue weighted by atomic mass is 9.73. The van der Waals surface area contributed by atoms with E-state index in [4.69, 9.17) is 0 Å². The predicted octanol–water partition coefficient (Wildman–Crippen LogP) is 4.41. The van der Waals surface area contributed by atoms with Crippen molar-refractivity contribution in [3.05, 3.63) is 0 Å². The van der Waals surface area contributed by atoms with Crippen molar-refractivity contribution in [1.82, 2.24) is 10.6 Å². The standard InChI is InChI=1S/C20H42N2O/c1-14(2)19(7,8)18(23)17(12-11-13-21-16(5)6)22-20(9,10)15(3)4/h14-17,21-22H,11-13H2,1-10H3. The minimum Gasteiger partial charge on any atom is -0.315 e. The molecule has 0 rings (SSSR count). The van der Waals surface area contributed by atoms with Crippen molar-refractivity contribution in [1.29, 1.82) is 0 Å². The molecule has 138 valence electrons.